The molecule has 1 unspecified atom stereocenters. The van der Waals surface area contributed by atoms with Crippen LogP contribution in [0.25, 0.3) is 11.1 Å². The molecule has 0 spiro atoms. The van der Waals surface area contributed by atoms with E-state index in [1.807, 2.05) is 12.1 Å². The Balaban J connectivity index is 1.64. The monoisotopic (exact) mass is 453 g/mol. The first-order valence-electron chi connectivity index (χ1n) is 11.1. The molecule has 0 radical (unpaired) electrons. The van der Waals surface area contributed by atoms with Crippen LogP contribution in [0.2, 0.25) is 0 Å². The molecule has 3 rings (SSSR count). The smallest absolute Gasteiger partial charge is 0.254 e. The predicted octanol–water partition coefficient (Wildman–Crippen LogP) is 0.976. The van der Waals surface area contributed by atoms with E-state index >= 15 is 0 Å². The summed E-state index contributed by atoms with van der Waals surface area (Å²) in [5.74, 6) is -1.86. The maximum absolute atomic E-state index is 12.8. The first-order valence-corrected chi connectivity index (χ1v) is 11.1. The summed E-state index contributed by atoms with van der Waals surface area (Å²) in [6.07, 6.45) is 0.985. The van der Waals surface area contributed by atoms with Crippen molar-refractivity contribution in [2.24, 2.45) is 0 Å². The summed E-state index contributed by atoms with van der Waals surface area (Å²) >= 11 is 0. The lowest BCUT2D eigenvalue weighted by Crippen LogP contribution is -2.52. The lowest BCUT2D eigenvalue weighted by atomic mass is 10.0. The minimum absolute atomic E-state index is 0.350. The topological polar surface area (TPSA) is 99.2 Å². The van der Waals surface area contributed by atoms with E-state index in [0.29, 0.717) is 5.56 Å². The van der Waals surface area contributed by atoms with Gasteiger partial charge in [0.25, 0.3) is 5.91 Å². The van der Waals surface area contributed by atoms with Gasteiger partial charge in [-0.2, -0.15) is 0 Å². The fraction of sp³-hybridized carbons (Fsp3) is 0.400. The van der Waals surface area contributed by atoms with Crippen molar-refractivity contribution in [1.82, 2.24) is 15.1 Å². The summed E-state index contributed by atoms with van der Waals surface area (Å²) in [7, 11) is 2.75. The zero-order valence-electron chi connectivity index (χ0n) is 19.1. The van der Waals surface area contributed by atoms with Gasteiger partial charge in [0.1, 0.15) is 6.61 Å². The maximum atomic E-state index is 12.8. The molecule has 2 aromatic carbocycles. The summed E-state index contributed by atoms with van der Waals surface area (Å²) < 4.78 is 5.39. The molecule has 2 aromatic rings. The molecular formula is C25H31N3O5. The average Bonchev–Trinajstić information content (AvgIpc) is 2.87. The third kappa shape index (κ3) is 6.25. The Bertz CT molecular complexity index is 937. The highest BCUT2D eigenvalue weighted by Gasteiger charge is 2.32. The van der Waals surface area contributed by atoms with Gasteiger partial charge in [-0.25, -0.2) is 0 Å². The fourth-order valence-electron chi connectivity index (χ4n) is 3.86. The molecule has 2 N–H and O–H groups in total. The number of nitrogens with one attached hydrogen (secondary N) is 1. The number of hydrogen-bond acceptors (Lipinski definition) is 6. The Morgan fingerprint density at radius 1 is 1.03 bits per heavy atom. The Labute approximate surface area is 194 Å². The summed E-state index contributed by atoms with van der Waals surface area (Å²) in [6, 6.07) is 14.0. The molecule has 0 saturated carbocycles. The van der Waals surface area contributed by atoms with E-state index in [2.05, 4.69) is 34.5 Å². The average molecular weight is 454 g/mol. The van der Waals surface area contributed by atoms with Crippen LogP contribution in [0.3, 0.4) is 0 Å². The van der Waals surface area contributed by atoms with Crippen molar-refractivity contribution in [1.29, 1.82) is 0 Å². The lowest BCUT2D eigenvalue weighted by Gasteiger charge is -2.26. The number of nitrogens with zero attached hydrogens (tertiary/aromatic N) is 2. The van der Waals surface area contributed by atoms with Gasteiger partial charge in [-0.3, -0.25) is 19.3 Å². The third-order valence-electron chi connectivity index (χ3n) is 5.90. The van der Waals surface area contributed by atoms with Crippen LogP contribution in [0, 0.1) is 0 Å². The lowest BCUT2D eigenvalue weighted by molar-refractivity contribution is -0.135. The van der Waals surface area contributed by atoms with Crippen LogP contribution >= 0.6 is 0 Å². The molecule has 33 heavy (non-hydrogen) atoms. The van der Waals surface area contributed by atoms with Crippen LogP contribution in [-0.4, -0.2) is 92.1 Å². The molecule has 1 heterocycles. The van der Waals surface area contributed by atoms with E-state index in [1.54, 1.807) is 12.1 Å². The molecule has 176 valence electrons. The molecule has 0 aliphatic carbocycles. The van der Waals surface area contributed by atoms with Crippen LogP contribution in [0.1, 0.15) is 15.9 Å². The third-order valence-corrected chi connectivity index (χ3v) is 5.90. The predicted molar refractivity (Wildman–Crippen MR) is 125 cm³/mol. The number of morpholine rings is 1. The van der Waals surface area contributed by atoms with Gasteiger partial charge in [0.15, 0.2) is 11.8 Å². The quantitative estimate of drug-likeness (QED) is 0.549. The molecule has 1 fully saturated rings. The van der Waals surface area contributed by atoms with Crippen molar-refractivity contribution < 1.29 is 24.2 Å². The van der Waals surface area contributed by atoms with Crippen LogP contribution in [0.15, 0.2) is 48.5 Å². The van der Waals surface area contributed by atoms with Gasteiger partial charge in [-0.15, -0.1) is 0 Å². The number of Topliss-reactive ketones (excluding diaryl/α,β-unsaturated/α-hetero) is 1. The summed E-state index contributed by atoms with van der Waals surface area (Å²) in [5.41, 5.74) is 3.62. The fourth-order valence-corrected chi connectivity index (χ4v) is 3.86. The largest absolute Gasteiger partial charge is 0.388 e. The SMILES string of the molecule is CNC(=O)C(C(=O)CO)N(C)C(=O)c1ccc(-c2ccc(CCN3CCOCC3)cc2)cc1. The number of aliphatic hydroxyl groups is 1. The molecule has 8 nitrogen and oxygen atoms in total. The minimum atomic E-state index is -1.38. The molecular weight excluding hydrogens is 422 g/mol. The molecule has 0 bridgehead atoms. The van der Waals surface area contributed by atoms with E-state index in [-0.39, 0.29) is 0 Å². The van der Waals surface area contributed by atoms with Crippen LogP contribution in [-0.2, 0) is 20.7 Å². The van der Waals surface area contributed by atoms with Crippen LogP contribution in [0.5, 0.6) is 0 Å². The Kier molecular flexibility index (Phi) is 8.71. The number of rotatable bonds is 9. The molecule has 1 aliphatic rings. The van der Waals surface area contributed by atoms with E-state index in [9.17, 15) is 14.4 Å². The van der Waals surface area contributed by atoms with E-state index in [0.717, 1.165) is 55.3 Å². The van der Waals surface area contributed by atoms with Gasteiger partial charge in [-0.05, 0) is 35.2 Å². The number of ketones is 1. The van der Waals surface area contributed by atoms with Crippen molar-refractivity contribution in [3.63, 3.8) is 0 Å². The van der Waals surface area contributed by atoms with E-state index in [1.165, 1.54) is 19.7 Å². The zero-order chi connectivity index (χ0) is 23.8. The summed E-state index contributed by atoms with van der Waals surface area (Å²) in [5, 5.41) is 11.5. The summed E-state index contributed by atoms with van der Waals surface area (Å²) in [6.45, 7) is 3.77. The number of amides is 2. The normalized spacial score (nSPS) is 15.0. The molecule has 1 atom stereocenters. The number of ether oxygens (including phenoxy) is 1. The highest BCUT2D eigenvalue weighted by molar-refractivity contribution is 6.10. The first-order chi connectivity index (χ1) is 15.9. The van der Waals surface area contributed by atoms with Gasteiger partial charge in [0.05, 0.1) is 13.2 Å². The second-order valence-corrected chi connectivity index (χ2v) is 8.04. The minimum Gasteiger partial charge on any atom is -0.388 e. The summed E-state index contributed by atoms with van der Waals surface area (Å²) in [4.78, 5) is 40.3. The van der Waals surface area contributed by atoms with Gasteiger partial charge >= 0.3 is 0 Å². The van der Waals surface area contributed by atoms with Gasteiger partial charge in [0.2, 0.25) is 5.91 Å². The molecule has 1 saturated heterocycles. The molecule has 2 amide bonds. The van der Waals surface area contributed by atoms with Crippen LogP contribution in [0.4, 0.5) is 0 Å². The van der Waals surface area contributed by atoms with Crippen molar-refractivity contribution in [3.8, 4) is 11.1 Å². The number of hydrogen-bond donors (Lipinski definition) is 2. The van der Waals surface area contributed by atoms with Gasteiger partial charge in [0, 0.05) is 39.3 Å². The second-order valence-electron chi connectivity index (χ2n) is 8.04. The number of aliphatic hydroxyl groups excluding tert-OH is 1. The highest BCUT2D eigenvalue weighted by atomic mass is 16.5. The Morgan fingerprint density at radius 2 is 1.61 bits per heavy atom. The van der Waals surface area contributed by atoms with E-state index in [4.69, 9.17) is 9.84 Å². The number of likely N-dealkylation sites (N-methyl/N-ethyl adjacent to an activating group) is 2. The highest BCUT2D eigenvalue weighted by Crippen LogP contribution is 2.21. The van der Waals surface area contributed by atoms with Crippen molar-refractivity contribution in [2.45, 2.75) is 12.5 Å². The van der Waals surface area contributed by atoms with Crippen LogP contribution < -0.4 is 5.32 Å². The second kappa shape index (κ2) is 11.7. The number of carbonyl (C=O) groups is 3. The maximum Gasteiger partial charge on any atom is 0.254 e. The van der Waals surface area contributed by atoms with Gasteiger partial charge in [-0.1, -0.05) is 36.4 Å². The zero-order valence-corrected chi connectivity index (χ0v) is 19.1. The molecule has 8 heteroatoms. The number of benzene rings is 2. The van der Waals surface area contributed by atoms with E-state index < -0.39 is 30.2 Å². The van der Waals surface area contributed by atoms with Crippen molar-refractivity contribution >= 4 is 17.6 Å². The van der Waals surface area contributed by atoms with Crippen molar-refractivity contribution in [3.05, 3.63) is 59.7 Å². The van der Waals surface area contributed by atoms with Gasteiger partial charge < -0.3 is 20.1 Å². The standard InChI is InChI=1S/C25H31N3O5/c1-26-24(31)23(22(30)17-29)27(2)25(32)21-9-7-20(8-10-21)19-5-3-18(4-6-19)11-12-28-13-15-33-16-14-28/h3-10,23,29H,11-17H2,1-2H3,(H,26,31). The number of carbonyl (C=O) groups excluding carboxylic acids is 3. The molecule has 0 aromatic heterocycles. The first kappa shape index (κ1) is 24.6. The Morgan fingerprint density at radius 3 is 2.15 bits per heavy atom. The molecule has 1 aliphatic heterocycles. The van der Waals surface area contributed by atoms with Crippen molar-refractivity contribution in [2.75, 3.05) is 53.6 Å². The Hall–Kier alpha value is -3.07.